The van der Waals surface area contributed by atoms with E-state index in [9.17, 15) is 14.0 Å². The maximum Gasteiger partial charge on any atom is 0.262 e. The number of unbranched alkanes of at least 4 members (excludes halogenated alkanes) is 1. The lowest BCUT2D eigenvalue weighted by atomic mass is 10.1. The summed E-state index contributed by atoms with van der Waals surface area (Å²) in [5, 5.41) is 9.75. The molecule has 172 valence electrons. The number of para-hydroxylation sites is 1. The molecule has 0 fully saturated rings. The fourth-order valence-corrected chi connectivity index (χ4v) is 4.62. The van der Waals surface area contributed by atoms with Gasteiger partial charge in [-0.3, -0.25) is 18.6 Å². The highest BCUT2D eigenvalue weighted by Gasteiger charge is 2.21. The predicted molar refractivity (Wildman–Crippen MR) is 128 cm³/mol. The fourth-order valence-electron chi connectivity index (χ4n) is 3.75. The molecule has 2 aromatic heterocycles. The molecule has 0 aliphatic rings. The minimum atomic E-state index is -0.307. The molecule has 0 aliphatic heterocycles. The van der Waals surface area contributed by atoms with Crippen LogP contribution in [0.25, 0.3) is 16.7 Å². The molecule has 7 nitrogen and oxygen atoms in total. The molecule has 0 saturated carbocycles. The Labute approximate surface area is 195 Å². The van der Waals surface area contributed by atoms with Gasteiger partial charge in [-0.15, -0.1) is 10.2 Å². The van der Waals surface area contributed by atoms with Gasteiger partial charge in [0.15, 0.2) is 5.16 Å². The molecular weight excluding hydrogens is 441 g/mol. The Morgan fingerprint density at radius 3 is 2.61 bits per heavy atom. The summed E-state index contributed by atoms with van der Waals surface area (Å²) in [5.41, 5.74) is 1.49. The van der Waals surface area contributed by atoms with E-state index in [1.165, 1.54) is 23.9 Å². The van der Waals surface area contributed by atoms with E-state index in [0.717, 1.165) is 23.9 Å². The molecule has 9 heteroatoms. The summed E-state index contributed by atoms with van der Waals surface area (Å²) in [6.07, 6.45) is 1.81. The Balaban J connectivity index is 1.61. The van der Waals surface area contributed by atoms with Gasteiger partial charge < -0.3 is 4.90 Å². The Bertz CT molecular complexity index is 1350. The fraction of sp³-hybridized carbons (Fsp3) is 0.333. The Kier molecular flexibility index (Phi) is 6.78. The molecule has 0 spiro atoms. The molecule has 4 aromatic rings. The van der Waals surface area contributed by atoms with Gasteiger partial charge in [0.2, 0.25) is 11.7 Å². The summed E-state index contributed by atoms with van der Waals surface area (Å²) in [5.74, 6) is 0.247. The summed E-state index contributed by atoms with van der Waals surface area (Å²) >= 11 is 1.28. The summed E-state index contributed by atoms with van der Waals surface area (Å²) in [6.45, 7) is 4.54. The average molecular weight is 468 g/mol. The van der Waals surface area contributed by atoms with E-state index in [2.05, 4.69) is 17.1 Å². The molecule has 2 aromatic carbocycles. The first-order chi connectivity index (χ1) is 15.9. The Morgan fingerprint density at radius 1 is 1.15 bits per heavy atom. The van der Waals surface area contributed by atoms with Gasteiger partial charge in [-0.25, -0.2) is 4.39 Å². The lowest BCUT2D eigenvalue weighted by Crippen LogP contribution is -2.31. The van der Waals surface area contributed by atoms with Crippen molar-refractivity contribution in [3.63, 3.8) is 0 Å². The van der Waals surface area contributed by atoms with Crippen LogP contribution in [0.5, 0.6) is 0 Å². The van der Waals surface area contributed by atoms with Crippen molar-refractivity contribution in [1.29, 1.82) is 0 Å². The van der Waals surface area contributed by atoms with Crippen LogP contribution in [0.4, 0.5) is 4.39 Å². The van der Waals surface area contributed by atoms with E-state index >= 15 is 0 Å². The smallest absolute Gasteiger partial charge is 0.262 e. The lowest BCUT2D eigenvalue weighted by Gasteiger charge is -2.25. The van der Waals surface area contributed by atoms with Crippen molar-refractivity contribution in [1.82, 2.24) is 24.1 Å². The van der Waals surface area contributed by atoms with Crippen molar-refractivity contribution in [3.8, 4) is 0 Å². The lowest BCUT2D eigenvalue weighted by molar-refractivity contribution is -0.128. The molecule has 0 N–H and O–H groups in total. The van der Waals surface area contributed by atoms with Gasteiger partial charge in [0, 0.05) is 13.6 Å². The largest absolute Gasteiger partial charge is 0.338 e. The SMILES string of the molecule is CCCCn1c(=O)c2ccccc2n2c(SCC(=O)N(C)C(C)c3ccc(F)cc3)nnc12. The highest BCUT2D eigenvalue weighted by atomic mass is 32.2. The Hall–Kier alpha value is -3.20. The molecule has 0 aliphatic carbocycles. The second-order valence-electron chi connectivity index (χ2n) is 7.97. The first-order valence-electron chi connectivity index (χ1n) is 10.9. The van der Waals surface area contributed by atoms with Gasteiger partial charge in [-0.1, -0.05) is 49.4 Å². The number of amides is 1. The highest BCUT2D eigenvalue weighted by molar-refractivity contribution is 7.99. The molecule has 1 unspecified atom stereocenters. The van der Waals surface area contributed by atoms with E-state index < -0.39 is 0 Å². The van der Waals surface area contributed by atoms with Crippen molar-refractivity contribution in [2.24, 2.45) is 0 Å². The molecule has 4 rings (SSSR count). The quantitative estimate of drug-likeness (QED) is 0.362. The average Bonchev–Trinajstić information content (AvgIpc) is 3.26. The van der Waals surface area contributed by atoms with E-state index in [-0.39, 0.29) is 29.1 Å². The number of halogens is 1. The molecule has 1 atom stereocenters. The van der Waals surface area contributed by atoms with Crippen molar-refractivity contribution in [2.45, 2.75) is 44.4 Å². The second kappa shape index (κ2) is 9.74. The van der Waals surface area contributed by atoms with Crippen molar-refractivity contribution >= 4 is 34.3 Å². The normalized spacial score (nSPS) is 12.4. The number of nitrogens with zero attached hydrogens (tertiary/aromatic N) is 5. The first-order valence-corrected chi connectivity index (χ1v) is 11.9. The number of thioether (sulfide) groups is 1. The third-order valence-corrected chi connectivity index (χ3v) is 6.78. The standard InChI is InChI=1S/C24H26FN5O2S/c1-4-5-14-29-22(32)19-8-6-7-9-20(19)30-23(29)26-27-24(30)33-15-21(31)28(3)16(2)17-10-12-18(25)13-11-17/h6-13,16H,4-5,14-15H2,1-3H3. The number of carbonyl (C=O) groups excluding carboxylic acids is 1. The van der Waals surface area contributed by atoms with E-state index in [1.807, 2.05) is 29.5 Å². The molecule has 0 bridgehead atoms. The zero-order chi connectivity index (χ0) is 23.5. The van der Waals surface area contributed by atoms with Crippen LogP contribution >= 0.6 is 11.8 Å². The minimum Gasteiger partial charge on any atom is -0.338 e. The molecule has 0 radical (unpaired) electrons. The van der Waals surface area contributed by atoms with Crippen LogP contribution in [0.3, 0.4) is 0 Å². The van der Waals surface area contributed by atoms with Crippen LogP contribution in [0, 0.1) is 5.82 Å². The van der Waals surface area contributed by atoms with Crippen molar-refractivity contribution in [2.75, 3.05) is 12.8 Å². The van der Waals surface area contributed by atoms with Gasteiger partial charge in [0.05, 0.1) is 22.7 Å². The third-order valence-electron chi connectivity index (χ3n) is 5.86. The van der Waals surface area contributed by atoms with Crippen molar-refractivity contribution < 1.29 is 9.18 Å². The maximum absolute atomic E-state index is 13.2. The molecule has 0 saturated heterocycles. The molecular formula is C24H26FN5O2S. The third kappa shape index (κ3) is 4.50. The topological polar surface area (TPSA) is 72.5 Å². The van der Waals surface area contributed by atoms with Gasteiger partial charge in [0.1, 0.15) is 5.82 Å². The number of hydrogen-bond donors (Lipinski definition) is 0. The van der Waals surface area contributed by atoms with Gasteiger partial charge in [0.25, 0.3) is 5.56 Å². The van der Waals surface area contributed by atoms with Crippen LogP contribution < -0.4 is 5.56 Å². The predicted octanol–water partition coefficient (Wildman–Crippen LogP) is 4.30. The number of rotatable bonds is 8. The second-order valence-corrected chi connectivity index (χ2v) is 8.91. The summed E-state index contributed by atoms with van der Waals surface area (Å²) in [6, 6.07) is 13.3. The number of carbonyl (C=O) groups is 1. The number of benzene rings is 2. The number of aromatic nitrogens is 4. The molecule has 1 amide bonds. The number of fused-ring (bicyclic) bond motifs is 3. The summed E-state index contributed by atoms with van der Waals surface area (Å²) in [4.78, 5) is 27.6. The zero-order valence-corrected chi connectivity index (χ0v) is 19.7. The summed E-state index contributed by atoms with van der Waals surface area (Å²) < 4.78 is 16.7. The van der Waals surface area contributed by atoms with Crippen LogP contribution in [0.1, 0.15) is 38.3 Å². The van der Waals surface area contributed by atoms with E-state index in [4.69, 9.17) is 0 Å². The zero-order valence-electron chi connectivity index (χ0n) is 18.9. The maximum atomic E-state index is 13.2. The van der Waals surface area contributed by atoms with Gasteiger partial charge in [-0.2, -0.15) is 0 Å². The number of hydrogen-bond acceptors (Lipinski definition) is 5. The van der Waals surface area contributed by atoms with Gasteiger partial charge >= 0.3 is 0 Å². The first kappa shape index (κ1) is 23.0. The van der Waals surface area contributed by atoms with E-state index in [0.29, 0.717) is 22.9 Å². The highest BCUT2D eigenvalue weighted by Crippen LogP contribution is 2.24. The van der Waals surface area contributed by atoms with Crippen LogP contribution in [0.2, 0.25) is 0 Å². The van der Waals surface area contributed by atoms with Gasteiger partial charge in [-0.05, 0) is 43.2 Å². The van der Waals surface area contributed by atoms with Crippen molar-refractivity contribution in [3.05, 3.63) is 70.3 Å². The molecule has 2 heterocycles. The monoisotopic (exact) mass is 467 g/mol. The van der Waals surface area contributed by atoms with Crippen LogP contribution in [0.15, 0.2) is 58.5 Å². The Morgan fingerprint density at radius 2 is 1.88 bits per heavy atom. The van der Waals surface area contributed by atoms with E-state index in [1.54, 1.807) is 34.7 Å². The number of aryl methyl sites for hydroxylation is 1. The minimum absolute atomic E-state index is 0.0839. The van der Waals surface area contributed by atoms with Crippen LogP contribution in [-0.4, -0.2) is 42.8 Å². The molecule has 33 heavy (non-hydrogen) atoms. The van der Waals surface area contributed by atoms with Crippen LogP contribution in [-0.2, 0) is 11.3 Å². The summed E-state index contributed by atoms with van der Waals surface area (Å²) in [7, 11) is 1.73.